The Labute approximate surface area is 284 Å². The van der Waals surface area contributed by atoms with Crippen molar-refractivity contribution in [2.24, 2.45) is 7.05 Å². The number of nitrogens with one attached hydrogen (secondary N) is 3. The molecule has 1 unspecified atom stereocenters. The van der Waals surface area contributed by atoms with E-state index in [4.69, 9.17) is 32.9 Å². The van der Waals surface area contributed by atoms with E-state index in [1.54, 1.807) is 20.2 Å². The molecule has 0 bridgehead atoms. The zero-order valence-corrected chi connectivity index (χ0v) is 28.1. The number of ether oxygens (including phenoxy) is 1. The van der Waals surface area contributed by atoms with Crippen LogP contribution in [0.5, 0.6) is 5.88 Å². The quantitative estimate of drug-likeness (QED) is 0.126. The third kappa shape index (κ3) is 7.15. The van der Waals surface area contributed by atoms with Gasteiger partial charge in [0.15, 0.2) is 0 Å². The maximum Gasteiger partial charge on any atom is 0.220 e. The van der Waals surface area contributed by atoms with Crippen molar-refractivity contribution < 1.29 is 14.6 Å². The fourth-order valence-corrected chi connectivity index (χ4v) is 6.75. The summed E-state index contributed by atoms with van der Waals surface area (Å²) in [6.45, 7) is 4.19. The van der Waals surface area contributed by atoms with Crippen LogP contribution >= 0.6 is 23.2 Å². The molecule has 2 atom stereocenters. The fourth-order valence-electron chi connectivity index (χ4n) is 6.10. The van der Waals surface area contributed by atoms with Crippen LogP contribution in [0.15, 0.2) is 67.0 Å². The van der Waals surface area contributed by atoms with Gasteiger partial charge >= 0.3 is 0 Å². The normalized spacial score (nSPS) is 15.3. The maximum absolute atomic E-state index is 11.5. The zero-order chi connectivity index (χ0) is 33.1. The first kappa shape index (κ1) is 32.9. The van der Waals surface area contributed by atoms with Crippen LogP contribution < -0.4 is 20.7 Å². The Morgan fingerprint density at radius 3 is 2.60 bits per heavy atom. The second-order valence-corrected chi connectivity index (χ2v) is 12.7. The smallest absolute Gasteiger partial charge is 0.220 e. The minimum atomic E-state index is -0.405. The molecule has 1 fully saturated rings. The molecule has 1 aliphatic rings. The molecule has 2 aromatic carbocycles. The molecule has 0 saturated carbocycles. The summed E-state index contributed by atoms with van der Waals surface area (Å²) >= 11 is 14.2. The van der Waals surface area contributed by atoms with Crippen molar-refractivity contribution in [3.8, 4) is 39.5 Å². The Balaban J connectivity index is 1.26. The average Bonchev–Trinajstić information content (AvgIpc) is 3.62. The van der Waals surface area contributed by atoms with E-state index < -0.39 is 6.10 Å². The number of benzene rings is 2. The topological polar surface area (TPSA) is 113 Å². The number of carbonyl (C=O) groups is 1. The Hall–Kier alpha value is -3.99. The highest BCUT2D eigenvalue weighted by Gasteiger charge is 2.21. The molecule has 11 heteroatoms. The summed E-state index contributed by atoms with van der Waals surface area (Å²) in [6.07, 6.45) is 4.86. The van der Waals surface area contributed by atoms with E-state index >= 15 is 0 Å². The van der Waals surface area contributed by atoms with Crippen molar-refractivity contribution >= 4 is 40.0 Å². The minimum Gasteiger partial charge on any atom is -0.481 e. The predicted octanol–water partition coefficient (Wildman–Crippen LogP) is 6.12. The van der Waals surface area contributed by atoms with E-state index in [9.17, 15) is 9.90 Å². The highest BCUT2D eigenvalue weighted by molar-refractivity contribution is 6.39. The number of aliphatic hydroxyl groups excluding tert-OH is 1. The number of hydrogen-bond acceptors (Lipinski definition) is 7. The Morgan fingerprint density at radius 1 is 1.04 bits per heavy atom. The maximum atomic E-state index is 11.5. The van der Waals surface area contributed by atoms with Gasteiger partial charge in [-0.05, 0) is 37.1 Å². The van der Waals surface area contributed by atoms with Crippen molar-refractivity contribution in [2.45, 2.75) is 45.0 Å². The molecule has 0 radical (unpaired) electrons. The number of nitrogens with zero attached hydrogens (tertiary/aromatic N) is 3. The lowest BCUT2D eigenvalue weighted by Crippen LogP contribution is -2.35. The first-order chi connectivity index (χ1) is 22.7. The van der Waals surface area contributed by atoms with Crippen LogP contribution in [0.25, 0.3) is 44.5 Å². The van der Waals surface area contributed by atoms with E-state index in [0.29, 0.717) is 59.9 Å². The number of halogens is 2. The lowest BCUT2D eigenvalue weighted by Gasteiger charge is -2.15. The third-order valence-corrected chi connectivity index (χ3v) is 9.27. The number of amides is 1. The van der Waals surface area contributed by atoms with Gasteiger partial charge in [0, 0.05) is 96.8 Å². The number of methoxy groups -OCH3 is 1. The van der Waals surface area contributed by atoms with Gasteiger partial charge in [-0.3, -0.25) is 9.78 Å². The molecule has 3 aromatic heterocycles. The first-order valence-electron chi connectivity index (χ1n) is 15.7. The van der Waals surface area contributed by atoms with Gasteiger partial charge in [0.1, 0.15) is 0 Å². The average molecular weight is 674 g/mol. The highest BCUT2D eigenvalue weighted by Crippen LogP contribution is 2.42. The molecular weight excluding hydrogens is 635 g/mol. The number of aliphatic hydroxyl groups is 1. The van der Waals surface area contributed by atoms with E-state index in [-0.39, 0.29) is 11.9 Å². The standard InChI is InChI=1S/C36H38Cl2N6O3/c1-21(45)16-39-18-24-20-44(2)31-15-22(7-10-26(24)31)35-34(38)28(13-14-41-35)27-5-4-6-29(33(27)37)30-11-8-23(36(43-30)47-3)17-40-19-25-9-12-32(46)42-25/h4-8,10-11,13-15,20-21,25,39-40,45H,9,12,16-19H2,1-3H3,(H,42,46)/t21?,25-/m1/s1. The van der Waals surface area contributed by atoms with Gasteiger partial charge in [-0.2, -0.15) is 0 Å². The van der Waals surface area contributed by atoms with E-state index in [1.165, 1.54) is 0 Å². The molecule has 1 saturated heterocycles. The van der Waals surface area contributed by atoms with Crippen LogP contribution in [0.4, 0.5) is 0 Å². The Morgan fingerprint density at radius 2 is 1.83 bits per heavy atom. The summed E-state index contributed by atoms with van der Waals surface area (Å²) < 4.78 is 7.74. The molecule has 6 rings (SSSR count). The van der Waals surface area contributed by atoms with Crippen molar-refractivity contribution in [2.75, 3.05) is 20.2 Å². The molecular formula is C36H38Cl2N6O3. The number of hydrogen-bond donors (Lipinski definition) is 4. The molecule has 4 heterocycles. The van der Waals surface area contributed by atoms with Crippen LogP contribution in [0.3, 0.4) is 0 Å². The van der Waals surface area contributed by atoms with Gasteiger partial charge in [0.2, 0.25) is 11.8 Å². The molecule has 1 aliphatic heterocycles. The summed E-state index contributed by atoms with van der Waals surface area (Å²) in [5, 5.41) is 21.4. The minimum absolute atomic E-state index is 0.102. The number of rotatable bonds is 12. The number of carbonyl (C=O) groups excluding carboxylic acids is 1. The van der Waals surface area contributed by atoms with Crippen LogP contribution in [-0.2, 0) is 24.9 Å². The molecule has 4 N–H and O–H groups in total. The fraction of sp³-hybridized carbons (Fsp3) is 0.306. The van der Waals surface area contributed by atoms with Gasteiger partial charge < -0.3 is 30.4 Å². The van der Waals surface area contributed by atoms with Crippen LogP contribution in [0, 0.1) is 0 Å². The van der Waals surface area contributed by atoms with E-state index in [2.05, 4.69) is 43.8 Å². The summed E-state index contributed by atoms with van der Waals surface area (Å²) in [7, 11) is 3.62. The van der Waals surface area contributed by atoms with Gasteiger partial charge in [-0.15, -0.1) is 0 Å². The lowest BCUT2D eigenvalue weighted by molar-refractivity contribution is -0.119. The SMILES string of the molecule is COc1nc(-c2cccc(-c3ccnc(-c4ccc5c(CNCC(C)O)cn(C)c5c4)c3Cl)c2Cl)ccc1CNC[C@H]1CCC(=O)N1. The molecule has 5 aromatic rings. The number of pyridine rings is 2. The molecule has 244 valence electrons. The second-order valence-electron chi connectivity index (χ2n) is 12.0. The summed E-state index contributed by atoms with van der Waals surface area (Å²) in [5.41, 5.74) is 7.66. The number of fused-ring (bicyclic) bond motifs is 1. The summed E-state index contributed by atoms with van der Waals surface area (Å²) in [6, 6.07) is 18.0. The molecule has 0 aliphatic carbocycles. The predicted molar refractivity (Wildman–Crippen MR) is 188 cm³/mol. The molecule has 47 heavy (non-hydrogen) atoms. The Kier molecular flexibility index (Phi) is 10.1. The third-order valence-electron chi connectivity index (χ3n) is 8.48. The first-order valence-corrected chi connectivity index (χ1v) is 16.4. The second kappa shape index (κ2) is 14.4. The monoisotopic (exact) mass is 672 g/mol. The van der Waals surface area contributed by atoms with Crippen LogP contribution in [0.2, 0.25) is 10.0 Å². The van der Waals surface area contributed by atoms with Gasteiger partial charge in [0.25, 0.3) is 0 Å². The van der Waals surface area contributed by atoms with Crippen LogP contribution in [0.1, 0.15) is 30.9 Å². The van der Waals surface area contributed by atoms with Gasteiger partial charge in [0.05, 0.1) is 34.6 Å². The van der Waals surface area contributed by atoms with Crippen LogP contribution in [-0.4, -0.2) is 57.9 Å². The zero-order valence-electron chi connectivity index (χ0n) is 26.6. The number of aryl methyl sites for hydroxylation is 1. The van der Waals surface area contributed by atoms with E-state index in [0.717, 1.165) is 50.7 Å². The van der Waals surface area contributed by atoms with Gasteiger partial charge in [-0.1, -0.05) is 59.6 Å². The number of aromatic nitrogens is 3. The molecule has 0 spiro atoms. The largest absolute Gasteiger partial charge is 0.481 e. The molecule has 9 nitrogen and oxygen atoms in total. The lowest BCUT2D eigenvalue weighted by atomic mass is 9.99. The summed E-state index contributed by atoms with van der Waals surface area (Å²) in [5.74, 6) is 0.611. The van der Waals surface area contributed by atoms with Crippen molar-refractivity contribution in [1.82, 2.24) is 30.5 Å². The van der Waals surface area contributed by atoms with Crippen molar-refractivity contribution in [3.63, 3.8) is 0 Å². The van der Waals surface area contributed by atoms with Gasteiger partial charge in [-0.25, -0.2) is 4.98 Å². The van der Waals surface area contributed by atoms with Crippen molar-refractivity contribution in [1.29, 1.82) is 0 Å². The summed E-state index contributed by atoms with van der Waals surface area (Å²) in [4.78, 5) is 21.0. The Bertz CT molecular complexity index is 1930. The molecule has 1 amide bonds. The van der Waals surface area contributed by atoms with E-state index in [1.807, 2.05) is 49.5 Å². The highest BCUT2D eigenvalue weighted by atomic mass is 35.5. The van der Waals surface area contributed by atoms with Crippen molar-refractivity contribution in [3.05, 3.63) is 88.2 Å².